The average molecular weight is 291 g/mol. The highest BCUT2D eigenvalue weighted by Gasteiger charge is 2.24. The van der Waals surface area contributed by atoms with E-state index in [4.69, 9.17) is 5.73 Å². The van der Waals surface area contributed by atoms with E-state index in [9.17, 15) is 4.79 Å². The highest BCUT2D eigenvalue weighted by molar-refractivity contribution is 5.85. The zero-order valence-electron chi connectivity index (χ0n) is 12.7. The first-order valence-electron chi connectivity index (χ1n) is 7.50. The minimum atomic E-state index is -0.752. The van der Waals surface area contributed by atoms with Crippen molar-refractivity contribution in [1.29, 1.82) is 0 Å². The maximum atomic E-state index is 11.7. The molecule has 4 heteroatoms. The van der Waals surface area contributed by atoms with E-state index in [-0.39, 0.29) is 18.3 Å². The Labute approximate surface area is 124 Å². The molecule has 114 valence electrons. The van der Waals surface area contributed by atoms with Crippen molar-refractivity contribution in [3.8, 4) is 0 Å². The summed E-state index contributed by atoms with van der Waals surface area (Å²) in [5.41, 5.74) is 5.01. The van der Waals surface area contributed by atoms with Crippen LogP contribution in [-0.2, 0) is 4.79 Å². The van der Waals surface area contributed by atoms with Crippen molar-refractivity contribution in [3.63, 3.8) is 0 Å². The zero-order chi connectivity index (χ0) is 13.6. The molecule has 0 aromatic heterocycles. The van der Waals surface area contributed by atoms with Crippen molar-refractivity contribution in [2.45, 2.75) is 71.3 Å². The van der Waals surface area contributed by atoms with Gasteiger partial charge in [-0.15, -0.1) is 12.4 Å². The molecular weight excluding hydrogens is 260 g/mol. The Morgan fingerprint density at radius 2 is 1.74 bits per heavy atom. The first kappa shape index (κ1) is 18.7. The van der Waals surface area contributed by atoms with Crippen LogP contribution in [0, 0.1) is 11.8 Å². The van der Waals surface area contributed by atoms with Crippen molar-refractivity contribution in [2.24, 2.45) is 17.6 Å². The Morgan fingerprint density at radius 1 is 1.21 bits per heavy atom. The molecule has 1 rings (SSSR count). The molecule has 19 heavy (non-hydrogen) atoms. The van der Waals surface area contributed by atoms with Gasteiger partial charge in [-0.1, -0.05) is 39.0 Å². The molecule has 3 nitrogen and oxygen atoms in total. The molecule has 0 unspecified atom stereocenters. The van der Waals surface area contributed by atoms with E-state index in [2.05, 4.69) is 12.2 Å². The van der Waals surface area contributed by atoms with Gasteiger partial charge in [0.2, 0.25) is 5.91 Å². The Bertz CT molecular complexity index is 255. The third-order valence-corrected chi connectivity index (χ3v) is 4.07. The van der Waals surface area contributed by atoms with E-state index in [1.807, 2.05) is 0 Å². The Morgan fingerprint density at radius 3 is 2.21 bits per heavy atom. The number of hydrogen-bond acceptors (Lipinski definition) is 2. The maximum Gasteiger partial charge on any atom is 0.239 e. The van der Waals surface area contributed by atoms with Crippen LogP contribution in [0.5, 0.6) is 0 Å². The fourth-order valence-corrected chi connectivity index (χ4v) is 2.68. The van der Waals surface area contributed by atoms with Gasteiger partial charge in [0.05, 0.1) is 5.54 Å². The van der Waals surface area contributed by atoms with Crippen LogP contribution in [0.4, 0.5) is 0 Å². The number of nitrogens with two attached hydrogens (primary N) is 1. The normalized spacial score (nSPS) is 23.6. The summed E-state index contributed by atoms with van der Waals surface area (Å²) in [4.78, 5) is 11.7. The van der Waals surface area contributed by atoms with Gasteiger partial charge in [0, 0.05) is 6.54 Å². The number of rotatable bonds is 6. The predicted octanol–water partition coefficient (Wildman–Crippen LogP) is 3.26. The van der Waals surface area contributed by atoms with Crippen LogP contribution in [0.1, 0.15) is 65.7 Å². The Kier molecular flexibility index (Phi) is 8.67. The second-order valence-corrected chi connectivity index (χ2v) is 6.46. The van der Waals surface area contributed by atoms with Gasteiger partial charge in [-0.2, -0.15) is 0 Å². The first-order valence-corrected chi connectivity index (χ1v) is 7.50. The van der Waals surface area contributed by atoms with Gasteiger partial charge in [-0.05, 0) is 38.5 Å². The molecule has 1 aliphatic rings. The molecule has 0 heterocycles. The second-order valence-electron chi connectivity index (χ2n) is 6.46. The third-order valence-electron chi connectivity index (χ3n) is 4.07. The molecule has 0 saturated heterocycles. The van der Waals surface area contributed by atoms with Gasteiger partial charge in [0.15, 0.2) is 0 Å². The van der Waals surface area contributed by atoms with Crippen molar-refractivity contribution < 1.29 is 4.79 Å². The summed E-state index contributed by atoms with van der Waals surface area (Å²) >= 11 is 0. The quantitative estimate of drug-likeness (QED) is 0.789. The number of nitrogens with one attached hydrogen (secondary N) is 1. The summed E-state index contributed by atoms with van der Waals surface area (Å²) in [6, 6.07) is 0. The van der Waals surface area contributed by atoms with Crippen LogP contribution in [0.25, 0.3) is 0 Å². The van der Waals surface area contributed by atoms with Crippen molar-refractivity contribution in [2.75, 3.05) is 6.54 Å². The van der Waals surface area contributed by atoms with Gasteiger partial charge >= 0.3 is 0 Å². The van der Waals surface area contributed by atoms with Crippen LogP contribution in [0.15, 0.2) is 0 Å². The summed E-state index contributed by atoms with van der Waals surface area (Å²) in [5.74, 6) is 1.56. The fraction of sp³-hybridized carbons (Fsp3) is 0.933. The van der Waals surface area contributed by atoms with Gasteiger partial charge in [-0.3, -0.25) is 4.79 Å². The number of halogens is 1. The lowest BCUT2D eigenvalue weighted by Gasteiger charge is -2.29. The molecule has 1 aliphatic carbocycles. The van der Waals surface area contributed by atoms with Gasteiger partial charge in [0.1, 0.15) is 0 Å². The van der Waals surface area contributed by atoms with Crippen LogP contribution in [-0.4, -0.2) is 18.0 Å². The minimum absolute atomic E-state index is 0. The maximum absolute atomic E-state index is 11.7. The largest absolute Gasteiger partial charge is 0.354 e. The van der Waals surface area contributed by atoms with E-state index >= 15 is 0 Å². The zero-order valence-corrected chi connectivity index (χ0v) is 13.5. The molecule has 3 N–H and O–H groups in total. The summed E-state index contributed by atoms with van der Waals surface area (Å²) in [7, 11) is 0. The topological polar surface area (TPSA) is 55.1 Å². The van der Waals surface area contributed by atoms with Crippen molar-refractivity contribution in [3.05, 3.63) is 0 Å². The third kappa shape index (κ3) is 7.17. The SMILES string of the molecule is CCCCC1CCC(CNC(=O)C(C)(C)N)CC1.Cl. The number of carbonyl (C=O) groups is 1. The monoisotopic (exact) mass is 290 g/mol. The van der Waals surface area contributed by atoms with E-state index < -0.39 is 5.54 Å². The van der Waals surface area contributed by atoms with E-state index in [0.717, 1.165) is 12.5 Å². The lowest BCUT2D eigenvalue weighted by Crippen LogP contribution is -2.50. The summed E-state index contributed by atoms with van der Waals surface area (Å²) in [5, 5.41) is 2.99. The lowest BCUT2D eigenvalue weighted by molar-refractivity contribution is -0.125. The molecule has 1 saturated carbocycles. The molecule has 1 fully saturated rings. The molecule has 0 spiro atoms. The van der Waals surface area contributed by atoms with Crippen LogP contribution >= 0.6 is 12.4 Å². The van der Waals surface area contributed by atoms with Gasteiger partial charge < -0.3 is 11.1 Å². The molecule has 0 aromatic rings. The van der Waals surface area contributed by atoms with Gasteiger partial charge in [-0.25, -0.2) is 0 Å². The summed E-state index contributed by atoms with van der Waals surface area (Å²) in [6.07, 6.45) is 9.28. The molecule has 0 aliphatic heterocycles. The first-order chi connectivity index (χ1) is 8.43. The van der Waals surface area contributed by atoms with Crippen LogP contribution in [0.2, 0.25) is 0 Å². The highest BCUT2D eigenvalue weighted by Crippen LogP contribution is 2.31. The van der Waals surface area contributed by atoms with Gasteiger partial charge in [0.25, 0.3) is 0 Å². The van der Waals surface area contributed by atoms with Crippen LogP contribution < -0.4 is 11.1 Å². The second kappa shape index (κ2) is 8.80. The molecule has 1 amide bonds. The molecule has 0 aromatic carbocycles. The number of hydrogen-bond donors (Lipinski definition) is 2. The van der Waals surface area contributed by atoms with Crippen LogP contribution in [0.3, 0.4) is 0 Å². The summed E-state index contributed by atoms with van der Waals surface area (Å²) < 4.78 is 0. The number of unbranched alkanes of at least 4 members (excludes halogenated alkanes) is 1. The number of carbonyl (C=O) groups excluding carboxylic acids is 1. The highest BCUT2D eigenvalue weighted by atomic mass is 35.5. The van der Waals surface area contributed by atoms with E-state index in [1.54, 1.807) is 13.8 Å². The molecule has 0 atom stereocenters. The lowest BCUT2D eigenvalue weighted by atomic mass is 9.80. The Hall–Kier alpha value is -0.280. The molecule has 0 bridgehead atoms. The molecular formula is C15H31ClN2O. The van der Waals surface area contributed by atoms with Crippen molar-refractivity contribution in [1.82, 2.24) is 5.32 Å². The minimum Gasteiger partial charge on any atom is -0.354 e. The standard InChI is InChI=1S/C15H30N2O.ClH/c1-4-5-6-12-7-9-13(10-8-12)11-17-14(18)15(2,3)16;/h12-13H,4-11,16H2,1-3H3,(H,17,18);1H. The fourth-order valence-electron chi connectivity index (χ4n) is 2.68. The molecule has 0 radical (unpaired) electrons. The van der Waals surface area contributed by atoms with E-state index in [0.29, 0.717) is 5.92 Å². The number of amides is 1. The Balaban J connectivity index is 0.00000324. The smallest absolute Gasteiger partial charge is 0.239 e. The van der Waals surface area contributed by atoms with E-state index in [1.165, 1.54) is 44.9 Å². The average Bonchev–Trinajstić information content (AvgIpc) is 2.33. The summed E-state index contributed by atoms with van der Waals surface area (Å²) in [6.45, 7) is 6.57. The predicted molar refractivity (Wildman–Crippen MR) is 83.5 cm³/mol. The van der Waals surface area contributed by atoms with Crippen molar-refractivity contribution >= 4 is 18.3 Å².